The lowest BCUT2D eigenvalue weighted by molar-refractivity contribution is -0.0453. The molecule has 2 aliphatic heterocycles. The van der Waals surface area contributed by atoms with Gasteiger partial charge in [-0.1, -0.05) is 12.1 Å². The number of methoxy groups -OCH3 is 1. The van der Waals surface area contributed by atoms with Gasteiger partial charge in [0.25, 0.3) is 0 Å². The Morgan fingerprint density at radius 2 is 2.11 bits per heavy atom. The number of hydrogen-bond acceptors (Lipinski definition) is 5. The summed E-state index contributed by atoms with van der Waals surface area (Å²) in [5, 5.41) is 6.68. The molecule has 0 aliphatic carbocycles. The van der Waals surface area contributed by atoms with Gasteiger partial charge in [-0.2, -0.15) is 0 Å². The number of halogens is 1. The van der Waals surface area contributed by atoms with Crippen LogP contribution in [0.1, 0.15) is 19.8 Å². The van der Waals surface area contributed by atoms with Crippen molar-refractivity contribution in [1.82, 2.24) is 15.5 Å². The molecule has 28 heavy (non-hydrogen) atoms. The van der Waals surface area contributed by atoms with Crippen molar-refractivity contribution < 1.29 is 14.2 Å². The van der Waals surface area contributed by atoms with E-state index in [1.165, 1.54) is 19.4 Å². The third-order valence-electron chi connectivity index (χ3n) is 5.14. The van der Waals surface area contributed by atoms with Crippen molar-refractivity contribution in [2.45, 2.75) is 38.0 Å². The van der Waals surface area contributed by atoms with Crippen LogP contribution in [0, 0.1) is 0 Å². The maximum Gasteiger partial charge on any atom is 0.191 e. The SMILES string of the molecule is CN=C(NCC(C)Oc1ccccc1OC)NCC1CN2CCCC2CO1.I. The summed E-state index contributed by atoms with van der Waals surface area (Å²) >= 11 is 0. The largest absolute Gasteiger partial charge is 0.493 e. The number of ether oxygens (including phenoxy) is 3. The molecule has 3 rings (SSSR count). The number of guanidine groups is 1. The maximum atomic E-state index is 5.99. The second kappa shape index (κ2) is 11.7. The lowest BCUT2D eigenvalue weighted by Crippen LogP contribution is -2.51. The molecule has 7 nitrogen and oxygen atoms in total. The second-order valence-electron chi connectivity index (χ2n) is 7.16. The zero-order valence-corrected chi connectivity index (χ0v) is 19.3. The number of nitrogens with one attached hydrogen (secondary N) is 2. The minimum atomic E-state index is -0.0314. The maximum absolute atomic E-state index is 5.99. The van der Waals surface area contributed by atoms with Crippen molar-refractivity contribution >= 4 is 29.9 Å². The van der Waals surface area contributed by atoms with Crippen molar-refractivity contribution in [3.63, 3.8) is 0 Å². The van der Waals surface area contributed by atoms with Gasteiger partial charge in [0.15, 0.2) is 17.5 Å². The number of nitrogens with zero attached hydrogens (tertiary/aromatic N) is 2. The molecule has 8 heteroatoms. The first kappa shape index (κ1) is 23.0. The molecule has 2 saturated heterocycles. The van der Waals surface area contributed by atoms with Crippen LogP contribution in [0.2, 0.25) is 0 Å². The highest BCUT2D eigenvalue weighted by atomic mass is 127. The topological polar surface area (TPSA) is 67.4 Å². The van der Waals surface area contributed by atoms with E-state index in [4.69, 9.17) is 14.2 Å². The Labute approximate surface area is 185 Å². The van der Waals surface area contributed by atoms with Crippen LogP contribution >= 0.6 is 24.0 Å². The van der Waals surface area contributed by atoms with Crippen LogP contribution in [0.5, 0.6) is 11.5 Å². The molecule has 3 atom stereocenters. The summed E-state index contributed by atoms with van der Waals surface area (Å²) in [6.45, 7) is 6.46. The smallest absolute Gasteiger partial charge is 0.191 e. The quantitative estimate of drug-likeness (QED) is 0.337. The standard InChI is InChI=1S/C20H32N4O3.HI/c1-15(27-19-9-5-4-8-18(19)25-3)11-22-20(21-2)23-12-17-13-24-10-6-7-16(24)14-26-17;/h4-5,8-9,15-17H,6-7,10-14H2,1-3H3,(H2,21,22,23);1H. The molecule has 2 heterocycles. The van der Waals surface area contributed by atoms with Gasteiger partial charge in [-0.15, -0.1) is 24.0 Å². The fourth-order valence-electron chi connectivity index (χ4n) is 3.66. The summed E-state index contributed by atoms with van der Waals surface area (Å²) in [6, 6.07) is 8.30. The van der Waals surface area contributed by atoms with Crippen LogP contribution in [0.25, 0.3) is 0 Å². The lowest BCUT2D eigenvalue weighted by Gasteiger charge is -2.35. The van der Waals surface area contributed by atoms with Gasteiger partial charge in [0, 0.05) is 26.2 Å². The van der Waals surface area contributed by atoms with Crippen molar-refractivity contribution in [2.24, 2.45) is 4.99 Å². The predicted octanol–water partition coefficient (Wildman–Crippen LogP) is 2.11. The molecule has 0 radical (unpaired) electrons. The molecule has 0 bridgehead atoms. The molecule has 1 aromatic carbocycles. The van der Waals surface area contributed by atoms with Crippen molar-refractivity contribution in [3.05, 3.63) is 24.3 Å². The average molecular weight is 504 g/mol. The van der Waals surface area contributed by atoms with Crippen LogP contribution in [0.3, 0.4) is 0 Å². The molecular formula is C20H33IN4O3. The minimum Gasteiger partial charge on any atom is -0.493 e. The van der Waals surface area contributed by atoms with Gasteiger partial charge < -0.3 is 24.8 Å². The highest BCUT2D eigenvalue weighted by Crippen LogP contribution is 2.26. The average Bonchev–Trinajstić information content (AvgIpc) is 3.16. The van der Waals surface area contributed by atoms with Gasteiger partial charge in [0.05, 0.1) is 26.4 Å². The molecule has 2 N–H and O–H groups in total. The summed E-state index contributed by atoms with van der Waals surface area (Å²) in [4.78, 5) is 6.85. The predicted molar refractivity (Wildman–Crippen MR) is 122 cm³/mol. The van der Waals surface area contributed by atoms with E-state index in [0.717, 1.165) is 37.2 Å². The normalized spacial score (nSPS) is 23.3. The summed E-state index contributed by atoms with van der Waals surface area (Å²) in [5.41, 5.74) is 0. The first-order chi connectivity index (χ1) is 13.2. The molecule has 2 fully saturated rings. The highest BCUT2D eigenvalue weighted by Gasteiger charge is 2.32. The fraction of sp³-hybridized carbons (Fsp3) is 0.650. The number of aliphatic imine (C=N–C) groups is 1. The zero-order chi connectivity index (χ0) is 19.1. The zero-order valence-electron chi connectivity index (χ0n) is 17.0. The molecule has 0 saturated carbocycles. The van der Waals surface area contributed by atoms with E-state index in [9.17, 15) is 0 Å². The monoisotopic (exact) mass is 504 g/mol. The van der Waals surface area contributed by atoms with Crippen LogP contribution < -0.4 is 20.1 Å². The van der Waals surface area contributed by atoms with Gasteiger partial charge in [-0.05, 0) is 38.4 Å². The van der Waals surface area contributed by atoms with Gasteiger partial charge in [-0.25, -0.2) is 0 Å². The first-order valence-corrected chi connectivity index (χ1v) is 9.79. The Hall–Kier alpha value is -1.26. The molecule has 2 aliphatic rings. The number of para-hydroxylation sites is 2. The van der Waals surface area contributed by atoms with Crippen molar-refractivity contribution in [1.29, 1.82) is 0 Å². The van der Waals surface area contributed by atoms with Crippen LogP contribution in [0.4, 0.5) is 0 Å². The Kier molecular flexibility index (Phi) is 9.60. The molecule has 0 amide bonds. The van der Waals surface area contributed by atoms with Crippen LogP contribution in [-0.4, -0.2) is 76.1 Å². The van der Waals surface area contributed by atoms with E-state index in [1.807, 2.05) is 31.2 Å². The summed E-state index contributed by atoms with van der Waals surface area (Å²) in [6.07, 6.45) is 2.74. The van der Waals surface area contributed by atoms with Crippen molar-refractivity contribution in [2.75, 3.05) is 46.9 Å². The van der Waals surface area contributed by atoms with Gasteiger partial charge >= 0.3 is 0 Å². The van der Waals surface area contributed by atoms with Gasteiger partial charge in [0.1, 0.15) is 6.10 Å². The van der Waals surface area contributed by atoms with E-state index < -0.39 is 0 Å². The Balaban J connectivity index is 0.00000280. The molecule has 158 valence electrons. The van der Waals surface area contributed by atoms with Crippen LogP contribution in [-0.2, 0) is 4.74 Å². The van der Waals surface area contributed by atoms with Gasteiger partial charge in [-0.3, -0.25) is 9.89 Å². The number of morpholine rings is 1. The Morgan fingerprint density at radius 1 is 1.32 bits per heavy atom. The van der Waals surface area contributed by atoms with Crippen LogP contribution in [0.15, 0.2) is 29.3 Å². The fourth-order valence-corrected chi connectivity index (χ4v) is 3.66. The number of fused-ring (bicyclic) bond motifs is 1. The summed E-state index contributed by atoms with van der Waals surface area (Å²) in [5.74, 6) is 2.24. The number of hydrogen-bond donors (Lipinski definition) is 2. The molecular weight excluding hydrogens is 471 g/mol. The molecule has 0 spiro atoms. The second-order valence-corrected chi connectivity index (χ2v) is 7.16. The first-order valence-electron chi connectivity index (χ1n) is 9.79. The molecule has 3 unspecified atom stereocenters. The third kappa shape index (κ3) is 6.38. The molecule has 0 aromatic heterocycles. The lowest BCUT2D eigenvalue weighted by atomic mass is 10.2. The van der Waals surface area contributed by atoms with E-state index in [1.54, 1.807) is 14.2 Å². The van der Waals surface area contributed by atoms with Gasteiger partial charge in [0.2, 0.25) is 0 Å². The van der Waals surface area contributed by atoms with E-state index in [-0.39, 0.29) is 36.2 Å². The molecule has 1 aromatic rings. The highest BCUT2D eigenvalue weighted by molar-refractivity contribution is 14.0. The van der Waals surface area contributed by atoms with E-state index in [0.29, 0.717) is 12.6 Å². The van der Waals surface area contributed by atoms with E-state index in [2.05, 4.69) is 20.5 Å². The van der Waals surface area contributed by atoms with E-state index >= 15 is 0 Å². The van der Waals surface area contributed by atoms with Crippen molar-refractivity contribution in [3.8, 4) is 11.5 Å². The summed E-state index contributed by atoms with van der Waals surface area (Å²) in [7, 11) is 3.42. The Morgan fingerprint density at radius 3 is 2.86 bits per heavy atom. The summed E-state index contributed by atoms with van der Waals surface area (Å²) < 4.78 is 17.3. The third-order valence-corrected chi connectivity index (χ3v) is 5.14. The number of benzene rings is 1. The Bertz CT molecular complexity index is 631. The minimum absolute atomic E-state index is 0. The number of rotatable bonds is 7.